The molecular formula is C66H44N4. The number of anilines is 3. The first-order valence-electron chi connectivity index (χ1n) is 24.0. The van der Waals surface area contributed by atoms with Gasteiger partial charge in [-0.05, 0) is 102 Å². The standard InChI is InChI=1S/C66H44N4/c1-5-21-45(22-6-1)47-37-40-62(57(41-47)46-23-7-2-8-24-46)67(50-38-39-55-54-31-13-17-33-58(54)68(63(55)42-50)48-25-9-3-10-26-48)51-43-64-66(56-32-16-20-36-61(56)69(64)49-27-11-4-12-28-49)65(44-51)70-59-34-18-14-29-52(59)53-30-15-19-35-60(53)70/h1-44H. The second-order valence-corrected chi connectivity index (χ2v) is 18.1. The minimum Gasteiger partial charge on any atom is -0.310 e. The molecular weight excluding hydrogens is 849 g/mol. The van der Waals surface area contributed by atoms with Crippen LogP contribution >= 0.6 is 0 Å². The topological polar surface area (TPSA) is 18.0 Å². The second-order valence-electron chi connectivity index (χ2n) is 18.1. The van der Waals surface area contributed by atoms with Crippen molar-refractivity contribution in [2.45, 2.75) is 0 Å². The number of fused-ring (bicyclic) bond motifs is 9. The van der Waals surface area contributed by atoms with E-state index < -0.39 is 0 Å². The van der Waals surface area contributed by atoms with Gasteiger partial charge in [-0.1, -0.05) is 182 Å². The van der Waals surface area contributed by atoms with Gasteiger partial charge in [-0.15, -0.1) is 0 Å². The molecule has 328 valence electrons. The van der Waals surface area contributed by atoms with Crippen LogP contribution in [0.15, 0.2) is 267 Å². The summed E-state index contributed by atoms with van der Waals surface area (Å²) in [6, 6.07) is 97.5. The molecule has 0 aliphatic rings. The lowest BCUT2D eigenvalue weighted by atomic mass is 9.96. The van der Waals surface area contributed by atoms with Crippen molar-refractivity contribution in [3.05, 3.63) is 267 Å². The van der Waals surface area contributed by atoms with Crippen LogP contribution in [0.2, 0.25) is 0 Å². The Morgan fingerprint density at radius 1 is 0.257 bits per heavy atom. The summed E-state index contributed by atoms with van der Waals surface area (Å²) in [6.07, 6.45) is 0. The van der Waals surface area contributed by atoms with Crippen LogP contribution < -0.4 is 4.90 Å². The van der Waals surface area contributed by atoms with Crippen molar-refractivity contribution in [2.24, 2.45) is 0 Å². The van der Waals surface area contributed by atoms with Gasteiger partial charge < -0.3 is 18.6 Å². The molecule has 0 fully saturated rings. The summed E-state index contributed by atoms with van der Waals surface area (Å²) in [6.45, 7) is 0. The van der Waals surface area contributed by atoms with E-state index in [4.69, 9.17) is 0 Å². The van der Waals surface area contributed by atoms with E-state index in [1.54, 1.807) is 0 Å². The summed E-state index contributed by atoms with van der Waals surface area (Å²) >= 11 is 0. The lowest BCUT2D eigenvalue weighted by Crippen LogP contribution is -2.13. The number of hydrogen-bond donors (Lipinski definition) is 0. The quantitative estimate of drug-likeness (QED) is 0.149. The maximum absolute atomic E-state index is 2.51. The number of aromatic nitrogens is 3. The van der Waals surface area contributed by atoms with Gasteiger partial charge in [0.2, 0.25) is 0 Å². The highest BCUT2D eigenvalue weighted by Gasteiger charge is 2.26. The SMILES string of the molecule is c1ccc(-c2ccc(N(c3ccc4c5ccccc5n(-c5ccccc5)c4c3)c3cc(-n4c5ccccc5c5ccccc54)c4c5ccccc5n(-c5ccccc5)c4c3)c(-c3ccccc3)c2)cc1. The predicted molar refractivity (Wildman–Crippen MR) is 295 cm³/mol. The Morgan fingerprint density at radius 3 is 1.29 bits per heavy atom. The van der Waals surface area contributed by atoms with Gasteiger partial charge in [-0.25, -0.2) is 0 Å². The van der Waals surface area contributed by atoms with Gasteiger partial charge in [0, 0.05) is 54.9 Å². The molecule has 0 aliphatic heterocycles. The Labute approximate surface area is 405 Å². The first kappa shape index (κ1) is 39.8. The summed E-state index contributed by atoms with van der Waals surface area (Å²) in [7, 11) is 0. The van der Waals surface area contributed by atoms with E-state index in [0.29, 0.717) is 0 Å². The van der Waals surface area contributed by atoms with Crippen molar-refractivity contribution in [2.75, 3.05) is 4.90 Å². The third-order valence-electron chi connectivity index (χ3n) is 14.2. The van der Waals surface area contributed by atoms with E-state index in [1.807, 2.05) is 0 Å². The lowest BCUT2D eigenvalue weighted by molar-refractivity contribution is 1.16. The van der Waals surface area contributed by atoms with E-state index in [-0.39, 0.29) is 0 Å². The van der Waals surface area contributed by atoms with Crippen molar-refractivity contribution in [3.8, 4) is 39.3 Å². The summed E-state index contributed by atoms with van der Waals surface area (Å²) in [4.78, 5) is 2.51. The fourth-order valence-corrected chi connectivity index (χ4v) is 11.2. The molecule has 4 nitrogen and oxygen atoms in total. The Balaban J connectivity index is 1.15. The normalized spacial score (nSPS) is 11.7. The number of rotatable bonds is 8. The summed E-state index contributed by atoms with van der Waals surface area (Å²) < 4.78 is 7.38. The third-order valence-corrected chi connectivity index (χ3v) is 14.2. The van der Waals surface area contributed by atoms with Crippen LogP contribution in [0, 0.1) is 0 Å². The first-order chi connectivity index (χ1) is 34.8. The van der Waals surface area contributed by atoms with E-state index in [9.17, 15) is 0 Å². The van der Waals surface area contributed by atoms with Crippen LogP contribution in [0.5, 0.6) is 0 Å². The van der Waals surface area contributed by atoms with Gasteiger partial charge in [0.15, 0.2) is 0 Å². The smallest absolute Gasteiger partial charge is 0.0583 e. The molecule has 0 atom stereocenters. The van der Waals surface area contributed by atoms with E-state index in [0.717, 1.165) is 78.4 Å². The zero-order valence-electron chi connectivity index (χ0n) is 38.2. The number of hydrogen-bond acceptors (Lipinski definition) is 1. The molecule has 3 aromatic heterocycles. The molecule has 0 unspecified atom stereocenters. The van der Waals surface area contributed by atoms with Crippen molar-refractivity contribution in [1.29, 1.82) is 0 Å². The molecule has 3 heterocycles. The molecule has 0 spiro atoms. The zero-order valence-corrected chi connectivity index (χ0v) is 38.2. The van der Waals surface area contributed by atoms with Gasteiger partial charge in [0.25, 0.3) is 0 Å². The first-order valence-corrected chi connectivity index (χ1v) is 24.0. The lowest BCUT2D eigenvalue weighted by Gasteiger charge is -2.30. The maximum atomic E-state index is 2.51. The number of benzene rings is 11. The molecule has 4 heteroatoms. The highest BCUT2D eigenvalue weighted by Crippen LogP contribution is 2.48. The number of nitrogens with zero attached hydrogens (tertiary/aromatic N) is 4. The maximum Gasteiger partial charge on any atom is 0.0583 e. The van der Waals surface area contributed by atoms with E-state index in [1.165, 1.54) is 43.4 Å². The molecule has 0 N–H and O–H groups in total. The molecule has 14 rings (SSSR count). The van der Waals surface area contributed by atoms with Gasteiger partial charge in [0.05, 0.1) is 50.2 Å². The average molecular weight is 893 g/mol. The highest BCUT2D eigenvalue weighted by molar-refractivity contribution is 6.18. The van der Waals surface area contributed by atoms with Crippen LogP contribution in [0.1, 0.15) is 0 Å². The second kappa shape index (κ2) is 16.2. The molecule has 0 radical (unpaired) electrons. The predicted octanol–water partition coefficient (Wildman–Crippen LogP) is 17.8. The fraction of sp³-hybridized carbons (Fsp3) is 0. The Hall–Kier alpha value is -9.38. The summed E-state index contributed by atoms with van der Waals surface area (Å²) in [5.74, 6) is 0. The van der Waals surface area contributed by atoms with Gasteiger partial charge in [-0.2, -0.15) is 0 Å². The zero-order chi connectivity index (χ0) is 46.1. The van der Waals surface area contributed by atoms with Gasteiger partial charge >= 0.3 is 0 Å². The molecule has 0 saturated heterocycles. The van der Waals surface area contributed by atoms with E-state index >= 15 is 0 Å². The van der Waals surface area contributed by atoms with E-state index in [2.05, 4.69) is 286 Å². The third kappa shape index (κ3) is 6.24. The molecule has 14 aromatic rings. The molecule has 0 bridgehead atoms. The van der Waals surface area contributed by atoms with Gasteiger partial charge in [0.1, 0.15) is 0 Å². The molecule has 0 saturated carbocycles. The van der Waals surface area contributed by atoms with Gasteiger partial charge in [-0.3, -0.25) is 0 Å². The van der Waals surface area contributed by atoms with Crippen LogP contribution in [0.3, 0.4) is 0 Å². The average Bonchev–Trinajstić information content (AvgIpc) is 4.07. The minimum atomic E-state index is 1.04. The Bertz CT molecular complexity index is 4220. The Kier molecular flexibility index (Phi) is 9.17. The van der Waals surface area contributed by atoms with Crippen molar-refractivity contribution < 1.29 is 0 Å². The fourth-order valence-electron chi connectivity index (χ4n) is 11.2. The monoisotopic (exact) mass is 892 g/mol. The largest absolute Gasteiger partial charge is 0.310 e. The minimum absolute atomic E-state index is 1.04. The Morgan fingerprint density at radius 2 is 0.700 bits per heavy atom. The molecule has 70 heavy (non-hydrogen) atoms. The van der Waals surface area contributed by atoms with Crippen molar-refractivity contribution in [1.82, 2.24) is 13.7 Å². The van der Waals surface area contributed by atoms with Crippen LogP contribution in [0.4, 0.5) is 17.1 Å². The molecule has 0 amide bonds. The van der Waals surface area contributed by atoms with Crippen LogP contribution in [-0.2, 0) is 0 Å². The van der Waals surface area contributed by atoms with Crippen molar-refractivity contribution in [3.63, 3.8) is 0 Å². The highest BCUT2D eigenvalue weighted by atomic mass is 15.2. The van der Waals surface area contributed by atoms with Crippen LogP contribution in [0.25, 0.3) is 105 Å². The van der Waals surface area contributed by atoms with Crippen LogP contribution in [-0.4, -0.2) is 13.7 Å². The summed E-state index contributed by atoms with van der Waals surface area (Å²) in [5, 5.41) is 7.26. The van der Waals surface area contributed by atoms with Crippen molar-refractivity contribution >= 4 is 82.5 Å². The summed E-state index contributed by atoms with van der Waals surface area (Å²) in [5.41, 5.74) is 18.0. The molecule has 0 aliphatic carbocycles. The number of para-hydroxylation sites is 6. The molecule has 11 aromatic carbocycles.